The number of carbonyl (C=O) groups is 1. The molecule has 0 saturated heterocycles. The number of hydrogen-bond donors (Lipinski definition) is 2. The molecule has 0 radical (unpaired) electrons. The molecule has 3 aromatic carbocycles. The molecule has 156 valence electrons. The molecule has 0 heterocycles. The summed E-state index contributed by atoms with van der Waals surface area (Å²) in [6.45, 7) is 3.66. The molecule has 0 bridgehead atoms. The Hall–Kier alpha value is -2.06. The van der Waals surface area contributed by atoms with Gasteiger partial charge in [-0.25, -0.2) is 8.42 Å². The first-order chi connectivity index (χ1) is 14.1. The van der Waals surface area contributed by atoms with Crippen molar-refractivity contribution in [3.05, 3.63) is 85.8 Å². The Balaban J connectivity index is 1.91. The number of nitrogens with one attached hydrogen (secondary N) is 2. The number of hydrogen-bond acceptors (Lipinski definition) is 3. The zero-order chi connectivity index (χ0) is 22.1. The van der Waals surface area contributed by atoms with Gasteiger partial charge in [0.25, 0.3) is 15.9 Å². The molecule has 9 heteroatoms. The molecular weight excluding hydrogens is 511 g/mol. The molecule has 0 aromatic heterocycles. The first-order valence-corrected chi connectivity index (χ1v) is 11.8. The molecule has 2 N–H and O–H groups in total. The van der Waals surface area contributed by atoms with Gasteiger partial charge in [-0.1, -0.05) is 35.3 Å². The van der Waals surface area contributed by atoms with E-state index in [1.54, 1.807) is 31.2 Å². The van der Waals surface area contributed by atoms with Crippen LogP contribution in [0.4, 0.5) is 11.4 Å². The zero-order valence-electron chi connectivity index (χ0n) is 16.0. The number of rotatable bonds is 5. The van der Waals surface area contributed by atoms with Crippen LogP contribution in [0.3, 0.4) is 0 Å². The second kappa shape index (κ2) is 8.98. The van der Waals surface area contributed by atoms with Crippen LogP contribution in [0.25, 0.3) is 0 Å². The topological polar surface area (TPSA) is 75.3 Å². The van der Waals surface area contributed by atoms with Crippen molar-refractivity contribution in [1.29, 1.82) is 0 Å². The smallest absolute Gasteiger partial charge is 0.263 e. The quantitative estimate of drug-likeness (QED) is 0.401. The molecule has 3 rings (SSSR count). The van der Waals surface area contributed by atoms with Crippen molar-refractivity contribution < 1.29 is 13.2 Å². The number of aryl methyl sites for hydroxylation is 2. The maximum Gasteiger partial charge on any atom is 0.263 e. The van der Waals surface area contributed by atoms with Crippen LogP contribution in [0.1, 0.15) is 21.5 Å². The van der Waals surface area contributed by atoms with Crippen molar-refractivity contribution >= 4 is 66.4 Å². The highest BCUT2D eigenvalue weighted by atomic mass is 79.9. The summed E-state index contributed by atoms with van der Waals surface area (Å²) in [6, 6.07) is 14.5. The van der Waals surface area contributed by atoms with Crippen molar-refractivity contribution in [1.82, 2.24) is 0 Å². The van der Waals surface area contributed by atoms with Crippen molar-refractivity contribution in [3.63, 3.8) is 0 Å². The molecule has 0 saturated carbocycles. The van der Waals surface area contributed by atoms with Gasteiger partial charge in [0.05, 0.1) is 15.7 Å². The van der Waals surface area contributed by atoms with E-state index in [2.05, 4.69) is 26.0 Å². The predicted molar refractivity (Wildman–Crippen MR) is 125 cm³/mol. The standard InChI is InChI=1S/C21H17BrCl2N2O3S/c1-12-3-4-13(2)19(9-12)26-30(28,29)20-10-14(5-8-17(20)23)21(27)25-15-6-7-16(22)18(24)11-15/h3-11,26H,1-2H3,(H,25,27). The fourth-order valence-electron chi connectivity index (χ4n) is 2.67. The van der Waals surface area contributed by atoms with E-state index in [9.17, 15) is 13.2 Å². The van der Waals surface area contributed by atoms with E-state index in [1.165, 1.54) is 18.2 Å². The van der Waals surface area contributed by atoms with Crippen LogP contribution >= 0.6 is 39.1 Å². The summed E-state index contributed by atoms with van der Waals surface area (Å²) in [5.74, 6) is -0.492. The lowest BCUT2D eigenvalue weighted by molar-refractivity contribution is 0.102. The van der Waals surface area contributed by atoms with Crippen molar-refractivity contribution in [2.45, 2.75) is 18.7 Å². The number of carbonyl (C=O) groups excluding carboxylic acids is 1. The minimum Gasteiger partial charge on any atom is -0.322 e. The van der Waals surface area contributed by atoms with Gasteiger partial charge >= 0.3 is 0 Å². The predicted octanol–water partition coefficient (Wildman–Crippen LogP) is 6.43. The Kier molecular flexibility index (Phi) is 6.77. The Labute approximate surface area is 193 Å². The monoisotopic (exact) mass is 526 g/mol. The highest BCUT2D eigenvalue weighted by Gasteiger charge is 2.21. The van der Waals surface area contributed by atoms with E-state index in [0.29, 0.717) is 20.9 Å². The van der Waals surface area contributed by atoms with Gasteiger partial charge in [-0.05, 0) is 83.4 Å². The summed E-state index contributed by atoms with van der Waals surface area (Å²) in [6.07, 6.45) is 0. The summed E-state index contributed by atoms with van der Waals surface area (Å²) < 4.78 is 29.1. The van der Waals surface area contributed by atoms with Gasteiger partial charge in [0.15, 0.2) is 0 Å². The van der Waals surface area contributed by atoms with E-state index in [-0.39, 0.29) is 15.5 Å². The van der Waals surface area contributed by atoms with Crippen molar-refractivity contribution in [3.8, 4) is 0 Å². The molecule has 0 atom stereocenters. The fraction of sp³-hybridized carbons (Fsp3) is 0.0952. The van der Waals surface area contributed by atoms with Gasteiger partial charge in [-0.3, -0.25) is 9.52 Å². The lowest BCUT2D eigenvalue weighted by Crippen LogP contribution is -2.17. The van der Waals surface area contributed by atoms with Gasteiger partial charge < -0.3 is 5.32 Å². The molecule has 0 fully saturated rings. The first kappa shape index (κ1) is 22.6. The second-order valence-electron chi connectivity index (χ2n) is 6.65. The summed E-state index contributed by atoms with van der Waals surface area (Å²) in [4.78, 5) is 12.4. The van der Waals surface area contributed by atoms with Gasteiger partial charge in [-0.15, -0.1) is 0 Å². The highest BCUT2D eigenvalue weighted by molar-refractivity contribution is 9.10. The number of halogens is 3. The van der Waals surface area contributed by atoms with E-state index in [0.717, 1.165) is 11.1 Å². The van der Waals surface area contributed by atoms with Crippen molar-refractivity contribution in [2.24, 2.45) is 0 Å². The third-order valence-electron chi connectivity index (χ3n) is 4.30. The van der Waals surface area contributed by atoms with Gasteiger partial charge in [0.2, 0.25) is 0 Å². The Morgan fingerprint density at radius 1 is 0.933 bits per heavy atom. The number of sulfonamides is 1. The van der Waals surface area contributed by atoms with E-state index in [1.807, 2.05) is 19.1 Å². The molecular formula is C21H17BrCl2N2O3S. The average molecular weight is 528 g/mol. The largest absolute Gasteiger partial charge is 0.322 e. The Morgan fingerprint density at radius 3 is 2.37 bits per heavy atom. The summed E-state index contributed by atoms with van der Waals surface area (Å²) in [5.41, 5.74) is 2.73. The average Bonchev–Trinajstić information content (AvgIpc) is 2.67. The first-order valence-electron chi connectivity index (χ1n) is 8.73. The minimum absolute atomic E-state index is 0.0102. The summed E-state index contributed by atoms with van der Waals surface area (Å²) in [5, 5.41) is 3.13. The third kappa shape index (κ3) is 5.16. The SMILES string of the molecule is Cc1ccc(C)c(NS(=O)(=O)c2cc(C(=O)Nc3ccc(Br)c(Cl)c3)ccc2Cl)c1. The van der Waals surface area contributed by atoms with Crippen molar-refractivity contribution in [2.75, 3.05) is 10.0 Å². The van der Waals surface area contributed by atoms with Crippen LogP contribution in [-0.4, -0.2) is 14.3 Å². The third-order valence-corrected chi connectivity index (χ3v) is 7.38. The summed E-state index contributed by atoms with van der Waals surface area (Å²) >= 11 is 15.5. The molecule has 3 aromatic rings. The Morgan fingerprint density at radius 2 is 1.67 bits per heavy atom. The Bertz CT molecular complexity index is 1250. The maximum absolute atomic E-state index is 13.0. The molecule has 0 aliphatic carbocycles. The lowest BCUT2D eigenvalue weighted by Gasteiger charge is -2.13. The normalized spacial score (nSPS) is 11.2. The fourth-order valence-corrected chi connectivity index (χ4v) is 4.75. The molecule has 1 amide bonds. The van der Waals surface area contributed by atoms with E-state index in [4.69, 9.17) is 23.2 Å². The van der Waals surface area contributed by atoms with Crippen LogP contribution < -0.4 is 10.0 Å². The van der Waals surface area contributed by atoms with Crippen LogP contribution in [0.5, 0.6) is 0 Å². The lowest BCUT2D eigenvalue weighted by atomic mass is 10.1. The minimum atomic E-state index is -4.01. The van der Waals surface area contributed by atoms with Crippen LogP contribution in [0.2, 0.25) is 10.0 Å². The molecule has 0 unspecified atom stereocenters. The van der Waals surface area contributed by atoms with Crippen LogP contribution in [0.15, 0.2) is 64.0 Å². The second-order valence-corrected chi connectivity index (χ2v) is 9.97. The maximum atomic E-state index is 13.0. The van der Waals surface area contributed by atoms with Gasteiger partial charge in [0.1, 0.15) is 4.90 Å². The number of anilines is 2. The highest BCUT2D eigenvalue weighted by Crippen LogP contribution is 2.28. The van der Waals surface area contributed by atoms with E-state index < -0.39 is 15.9 Å². The van der Waals surface area contributed by atoms with Crippen LogP contribution in [-0.2, 0) is 10.0 Å². The number of benzene rings is 3. The molecule has 0 aliphatic heterocycles. The van der Waals surface area contributed by atoms with Gasteiger partial charge in [0, 0.05) is 15.7 Å². The molecule has 0 spiro atoms. The van der Waals surface area contributed by atoms with Gasteiger partial charge in [-0.2, -0.15) is 0 Å². The zero-order valence-corrected chi connectivity index (χ0v) is 19.9. The van der Waals surface area contributed by atoms with Crippen LogP contribution in [0, 0.1) is 13.8 Å². The van der Waals surface area contributed by atoms with E-state index >= 15 is 0 Å². The molecule has 0 aliphatic rings. The number of amides is 1. The molecule has 5 nitrogen and oxygen atoms in total. The molecule has 30 heavy (non-hydrogen) atoms. The summed E-state index contributed by atoms with van der Waals surface area (Å²) in [7, 11) is -4.01.